The molecule has 0 saturated carbocycles. The molecule has 0 amide bonds. The first-order chi connectivity index (χ1) is 20.0. The molecule has 0 aliphatic carbocycles. The zero-order valence-corrected chi connectivity index (χ0v) is 28.3. The van der Waals surface area contributed by atoms with Gasteiger partial charge in [0.05, 0.1) is 0 Å². The lowest BCUT2D eigenvalue weighted by Gasteiger charge is -2.51. The molecule has 4 aromatic rings. The summed E-state index contributed by atoms with van der Waals surface area (Å²) in [6.07, 6.45) is 2.20. The Balaban J connectivity index is 1.67. The van der Waals surface area contributed by atoms with E-state index in [0.717, 1.165) is 29.5 Å². The Labute approximate surface area is 261 Å². The summed E-state index contributed by atoms with van der Waals surface area (Å²) in [4.78, 5) is 0. The van der Waals surface area contributed by atoms with Gasteiger partial charge in [-0.05, 0) is 80.2 Å². The van der Waals surface area contributed by atoms with Gasteiger partial charge in [-0.3, -0.25) is 0 Å². The molecule has 0 bridgehead atoms. The van der Waals surface area contributed by atoms with E-state index in [1.54, 1.807) is 6.07 Å². The number of hydrogen-bond donors (Lipinski definition) is 0. The van der Waals surface area contributed by atoms with Gasteiger partial charge < -0.3 is 0 Å². The van der Waals surface area contributed by atoms with Crippen molar-refractivity contribution < 1.29 is 4.39 Å². The van der Waals surface area contributed by atoms with E-state index in [1.165, 1.54) is 11.1 Å². The molecule has 4 rings (SSSR count). The SMILES string of the molecule is CC(C)(C)CC(c1ccc(-c2ccc(-c3ccccc3)c(F)c2)cc1)C(C)(C)C(C)(C)CC(c1ccccc1)C(C)(C)C. The zero-order chi connectivity index (χ0) is 31.6. The average Bonchev–Trinajstić information content (AvgIpc) is 2.94. The normalized spacial score (nSPS) is 14.4. The fourth-order valence-electron chi connectivity index (χ4n) is 6.71. The summed E-state index contributed by atoms with van der Waals surface area (Å²) in [5.74, 6) is 0.632. The number of rotatable bonds is 9. The first kappa shape index (κ1) is 32.7. The molecule has 0 radical (unpaired) electrons. The summed E-state index contributed by atoms with van der Waals surface area (Å²) in [7, 11) is 0. The monoisotopic (exact) mass is 576 g/mol. The van der Waals surface area contributed by atoms with Crippen LogP contribution in [-0.2, 0) is 0 Å². The molecule has 0 nitrogen and oxygen atoms in total. The third-order valence-corrected chi connectivity index (χ3v) is 10.1. The molecule has 228 valence electrons. The first-order valence-electron chi connectivity index (χ1n) is 16.0. The second kappa shape index (κ2) is 12.4. The minimum atomic E-state index is -0.187. The van der Waals surface area contributed by atoms with Gasteiger partial charge in [0.15, 0.2) is 0 Å². The van der Waals surface area contributed by atoms with Gasteiger partial charge in [-0.15, -0.1) is 0 Å². The molecule has 2 unspecified atom stereocenters. The third kappa shape index (κ3) is 7.67. The molecule has 1 heteroatoms. The van der Waals surface area contributed by atoms with Crippen molar-refractivity contribution in [1.82, 2.24) is 0 Å². The highest BCUT2D eigenvalue weighted by Crippen LogP contribution is 2.57. The van der Waals surface area contributed by atoms with E-state index in [4.69, 9.17) is 0 Å². The summed E-state index contributed by atoms with van der Waals surface area (Å²) in [6, 6.07) is 35.4. The van der Waals surface area contributed by atoms with E-state index in [-0.39, 0.29) is 27.5 Å². The van der Waals surface area contributed by atoms with E-state index in [1.807, 2.05) is 42.5 Å². The van der Waals surface area contributed by atoms with Gasteiger partial charge in [-0.25, -0.2) is 4.39 Å². The Hall–Kier alpha value is -3.19. The van der Waals surface area contributed by atoms with Crippen LogP contribution in [0.15, 0.2) is 103 Å². The van der Waals surface area contributed by atoms with Gasteiger partial charge in [-0.2, -0.15) is 0 Å². The Morgan fingerprint density at radius 1 is 0.512 bits per heavy atom. The summed E-state index contributed by atoms with van der Waals surface area (Å²) in [6.45, 7) is 24.2. The fourth-order valence-corrected chi connectivity index (χ4v) is 6.71. The second-order valence-corrected chi connectivity index (χ2v) is 16.1. The van der Waals surface area contributed by atoms with E-state index in [9.17, 15) is 0 Å². The molecule has 0 aromatic heterocycles. The molecule has 0 spiro atoms. The Morgan fingerprint density at radius 2 is 1.02 bits per heavy atom. The zero-order valence-electron chi connectivity index (χ0n) is 28.3. The predicted molar refractivity (Wildman–Crippen MR) is 185 cm³/mol. The molecular formula is C42H53F. The van der Waals surface area contributed by atoms with Crippen LogP contribution in [0.3, 0.4) is 0 Å². The minimum absolute atomic E-state index is 0.0174. The summed E-state index contributed by atoms with van der Waals surface area (Å²) in [5.41, 5.74) is 6.70. The van der Waals surface area contributed by atoms with Crippen molar-refractivity contribution in [2.45, 2.75) is 93.9 Å². The standard InChI is InChI=1S/C42H53F/c1-39(2,3)28-37(42(9,10)41(7,8)29-36(40(4,5)6)32-19-15-12-16-20-32)33-23-21-30(22-24-33)34-25-26-35(38(43)27-34)31-17-13-11-14-18-31/h11-27,36-37H,28-29H2,1-10H3. The predicted octanol–water partition coefficient (Wildman–Crippen LogP) is 13.0. The molecule has 4 aromatic carbocycles. The lowest BCUT2D eigenvalue weighted by molar-refractivity contribution is 0.0305. The molecule has 43 heavy (non-hydrogen) atoms. The largest absolute Gasteiger partial charge is 0.206 e. The molecule has 0 aliphatic rings. The van der Waals surface area contributed by atoms with E-state index < -0.39 is 0 Å². The summed E-state index contributed by atoms with van der Waals surface area (Å²) >= 11 is 0. The van der Waals surface area contributed by atoms with Gasteiger partial charge in [0, 0.05) is 5.56 Å². The second-order valence-electron chi connectivity index (χ2n) is 16.1. The first-order valence-corrected chi connectivity index (χ1v) is 16.0. The number of hydrogen-bond acceptors (Lipinski definition) is 0. The van der Waals surface area contributed by atoms with E-state index in [0.29, 0.717) is 17.4 Å². The van der Waals surface area contributed by atoms with E-state index >= 15 is 4.39 Å². The van der Waals surface area contributed by atoms with Crippen LogP contribution in [0.25, 0.3) is 22.3 Å². The maximum Gasteiger partial charge on any atom is 0.131 e. The van der Waals surface area contributed by atoms with Crippen LogP contribution in [0.5, 0.6) is 0 Å². The molecular weight excluding hydrogens is 523 g/mol. The highest BCUT2D eigenvalue weighted by molar-refractivity contribution is 5.71. The quantitative estimate of drug-likeness (QED) is 0.186. The molecule has 0 fully saturated rings. The molecule has 0 saturated heterocycles. The van der Waals surface area contributed by atoms with Crippen molar-refractivity contribution in [1.29, 1.82) is 0 Å². The van der Waals surface area contributed by atoms with Crippen LogP contribution in [-0.4, -0.2) is 0 Å². The lowest BCUT2D eigenvalue weighted by Crippen LogP contribution is -2.41. The molecule has 0 heterocycles. The summed E-state index contributed by atoms with van der Waals surface area (Å²) < 4.78 is 15.2. The molecule has 0 aliphatic heterocycles. The van der Waals surface area contributed by atoms with Crippen molar-refractivity contribution in [2.75, 3.05) is 0 Å². The van der Waals surface area contributed by atoms with Gasteiger partial charge in [0.2, 0.25) is 0 Å². The van der Waals surface area contributed by atoms with Crippen LogP contribution < -0.4 is 0 Å². The lowest BCUT2D eigenvalue weighted by atomic mass is 9.53. The maximum absolute atomic E-state index is 15.2. The topological polar surface area (TPSA) is 0 Å². The van der Waals surface area contributed by atoms with Gasteiger partial charge >= 0.3 is 0 Å². The van der Waals surface area contributed by atoms with Crippen LogP contribution in [0.1, 0.15) is 105 Å². The smallest absolute Gasteiger partial charge is 0.131 e. The van der Waals surface area contributed by atoms with Gasteiger partial charge in [0.1, 0.15) is 5.82 Å². The Bertz CT molecular complexity index is 1460. The van der Waals surface area contributed by atoms with Gasteiger partial charge in [0.25, 0.3) is 0 Å². The van der Waals surface area contributed by atoms with Gasteiger partial charge in [-0.1, -0.05) is 166 Å². The highest BCUT2D eigenvalue weighted by Gasteiger charge is 2.47. The van der Waals surface area contributed by atoms with E-state index in [2.05, 4.69) is 124 Å². The fraction of sp³-hybridized carbons (Fsp3) is 0.429. The minimum Gasteiger partial charge on any atom is -0.206 e. The number of benzene rings is 4. The van der Waals surface area contributed by atoms with Crippen molar-refractivity contribution >= 4 is 0 Å². The van der Waals surface area contributed by atoms with Crippen molar-refractivity contribution in [2.24, 2.45) is 21.7 Å². The van der Waals surface area contributed by atoms with Crippen LogP contribution in [0.4, 0.5) is 4.39 Å². The summed E-state index contributed by atoms with van der Waals surface area (Å²) in [5, 5.41) is 0. The average molecular weight is 577 g/mol. The van der Waals surface area contributed by atoms with Crippen molar-refractivity contribution in [3.8, 4) is 22.3 Å². The Morgan fingerprint density at radius 3 is 1.53 bits per heavy atom. The highest BCUT2D eigenvalue weighted by atomic mass is 19.1. The molecule has 0 N–H and O–H groups in total. The van der Waals surface area contributed by atoms with Crippen LogP contribution in [0.2, 0.25) is 0 Å². The van der Waals surface area contributed by atoms with Crippen molar-refractivity contribution in [3.63, 3.8) is 0 Å². The van der Waals surface area contributed by atoms with Crippen molar-refractivity contribution in [3.05, 3.63) is 120 Å². The van der Waals surface area contributed by atoms with Crippen LogP contribution in [0, 0.1) is 27.5 Å². The third-order valence-electron chi connectivity index (χ3n) is 10.1. The Kier molecular flexibility index (Phi) is 9.46. The maximum atomic E-state index is 15.2. The number of halogens is 1. The van der Waals surface area contributed by atoms with Crippen LogP contribution >= 0.6 is 0 Å². The molecule has 2 atom stereocenters.